The maximum Gasteiger partial charge on any atom is 0.417 e. The first-order valence-electron chi connectivity index (χ1n) is 6.11. The zero-order valence-electron chi connectivity index (χ0n) is 11.4. The molecule has 0 saturated carbocycles. The summed E-state index contributed by atoms with van der Waals surface area (Å²) in [7, 11) is 1.50. The number of ether oxygens (including phenoxy) is 1. The number of alkyl halides is 3. The van der Waals surface area contributed by atoms with Crippen LogP contribution in [-0.2, 0) is 10.9 Å². The Kier molecular flexibility index (Phi) is 6.56. The van der Waals surface area contributed by atoms with E-state index in [-0.39, 0.29) is 12.1 Å². The van der Waals surface area contributed by atoms with Crippen LogP contribution in [-0.4, -0.2) is 32.8 Å². The second-order valence-corrected chi connectivity index (χ2v) is 3.95. The molecule has 1 rings (SSSR count). The van der Waals surface area contributed by atoms with Gasteiger partial charge in [0.25, 0.3) is 0 Å². The van der Waals surface area contributed by atoms with Crippen molar-refractivity contribution in [3.63, 3.8) is 0 Å². The quantitative estimate of drug-likeness (QED) is 0.660. The van der Waals surface area contributed by atoms with Gasteiger partial charge >= 0.3 is 12.2 Å². The largest absolute Gasteiger partial charge is 0.417 e. The zero-order valence-corrected chi connectivity index (χ0v) is 11.4. The summed E-state index contributed by atoms with van der Waals surface area (Å²) in [6.45, 7) is 0.662. The SMILES string of the molecule is COCCNC(=O)NCC#Cc1ccccc1C(F)(F)F. The molecule has 0 fully saturated rings. The summed E-state index contributed by atoms with van der Waals surface area (Å²) in [5.74, 6) is 4.89. The number of methoxy groups -OCH3 is 1. The smallest absolute Gasteiger partial charge is 0.383 e. The molecule has 0 aromatic heterocycles. The molecule has 0 aliphatic rings. The number of halogens is 3. The number of rotatable bonds is 4. The molecule has 21 heavy (non-hydrogen) atoms. The predicted molar refractivity (Wildman–Crippen MR) is 71.6 cm³/mol. The first-order valence-corrected chi connectivity index (χ1v) is 6.11. The average molecular weight is 300 g/mol. The maximum absolute atomic E-state index is 12.7. The number of carbonyl (C=O) groups is 1. The third-order valence-corrected chi connectivity index (χ3v) is 2.38. The van der Waals surface area contributed by atoms with Gasteiger partial charge < -0.3 is 15.4 Å². The summed E-state index contributed by atoms with van der Waals surface area (Å²) in [6.07, 6.45) is -4.45. The molecule has 0 aliphatic heterocycles. The summed E-state index contributed by atoms with van der Waals surface area (Å²) in [6, 6.07) is 4.58. The van der Waals surface area contributed by atoms with Crippen molar-refractivity contribution in [2.45, 2.75) is 6.18 Å². The second kappa shape index (κ2) is 8.17. The number of amides is 2. The Hall–Kier alpha value is -2.20. The Bertz CT molecular complexity index is 533. The molecular formula is C14H15F3N2O2. The van der Waals surface area contributed by atoms with Gasteiger partial charge in [-0.05, 0) is 12.1 Å². The molecular weight excluding hydrogens is 285 g/mol. The highest BCUT2D eigenvalue weighted by Crippen LogP contribution is 2.31. The van der Waals surface area contributed by atoms with Crippen molar-refractivity contribution in [2.75, 3.05) is 26.8 Å². The molecule has 0 radical (unpaired) electrons. The van der Waals surface area contributed by atoms with E-state index in [9.17, 15) is 18.0 Å². The molecule has 4 nitrogen and oxygen atoms in total. The standard InChI is InChI=1S/C14H15F3N2O2/c1-21-10-9-19-13(20)18-8-4-6-11-5-2-3-7-12(11)14(15,16)17/h2-3,5,7H,8-10H2,1H3,(H2,18,19,20). The zero-order chi connectivity index (χ0) is 15.7. The van der Waals surface area contributed by atoms with Gasteiger partial charge in [0.15, 0.2) is 0 Å². The number of hydrogen-bond donors (Lipinski definition) is 2. The normalized spacial score (nSPS) is 10.5. The second-order valence-electron chi connectivity index (χ2n) is 3.95. The summed E-state index contributed by atoms with van der Waals surface area (Å²) < 4.78 is 42.8. The van der Waals surface area contributed by atoms with Gasteiger partial charge in [0.2, 0.25) is 0 Å². The number of nitrogens with one attached hydrogen (secondary N) is 2. The number of carbonyl (C=O) groups excluding carboxylic acids is 1. The minimum absolute atomic E-state index is 0.0506. The van der Waals surface area contributed by atoms with Crippen molar-refractivity contribution < 1.29 is 22.7 Å². The molecule has 0 saturated heterocycles. The molecule has 0 unspecified atom stereocenters. The lowest BCUT2D eigenvalue weighted by Crippen LogP contribution is -2.37. The van der Waals surface area contributed by atoms with E-state index in [2.05, 4.69) is 22.5 Å². The Labute approximate surface area is 120 Å². The molecule has 1 aromatic rings. The number of urea groups is 1. The molecule has 0 spiro atoms. The fourth-order valence-electron chi connectivity index (χ4n) is 1.43. The van der Waals surface area contributed by atoms with Gasteiger partial charge in [0.05, 0.1) is 18.7 Å². The highest BCUT2D eigenvalue weighted by Gasteiger charge is 2.32. The van der Waals surface area contributed by atoms with Gasteiger partial charge in [0.1, 0.15) is 0 Å². The molecule has 114 valence electrons. The molecule has 0 heterocycles. The Balaban J connectivity index is 2.54. The van der Waals surface area contributed by atoms with Gasteiger partial charge in [-0.25, -0.2) is 4.79 Å². The predicted octanol–water partition coefficient (Wildman–Crippen LogP) is 2.00. The van der Waals surface area contributed by atoms with Crippen LogP contribution >= 0.6 is 0 Å². The van der Waals surface area contributed by atoms with E-state index in [0.29, 0.717) is 13.2 Å². The summed E-state index contributed by atoms with van der Waals surface area (Å²) in [5.41, 5.74) is -0.909. The molecule has 2 N–H and O–H groups in total. The Morgan fingerprint density at radius 1 is 1.29 bits per heavy atom. The van der Waals surface area contributed by atoms with E-state index in [1.807, 2.05) is 0 Å². The third-order valence-electron chi connectivity index (χ3n) is 2.38. The van der Waals surface area contributed by atoms with Crippen LogP contribution in [0.25, 0.3) is 0 Å². The van der Waals surface area contributed by atoms with Crippen LogP contribution in [0.15, 0.2) is 24.3 Å². The monoisotopic (exact) mass is 300 g/mol. The van der Waals surface area contributed by atoms with E-state index in [1.54, 1.807) is 0 Å². The average Bonchev–Trinajstić information content (AvgIpc) is 2.43. The van der Waals surface area contributed by atoms with E-state index in [0.717, 1.165) is 6.07 Å². The fraction of sp³-hybridized carbons (Fsp3) is 0.357. The van der Waals surface area contributed by atoms with Crippen molar-refractivity contribution >= 4 is 6.03 Å². The lowest BCUT2D eigenvalue weighted by Gasteiger charge is -2.08. The van der Waals surface area contributed by atoms with E-state index >= 15 is 0 Å². The van der Waals surface area contributed by atoms with Gasteiger partial charge in [-0.1, -0.05) is 24.0 Å². The highest BCUT2D eigenvalue weighted by atomic mass is 19.4. The van der Waals surface area contributed by atoms with Crippen molar-refractivity contribution in [3.8, 4) is 11.8 Å². The molecule has 7 heteroatoms. The molecule has 0 bridgehead atoms. The fourth-order valence-corrected chi connectivity index (χ4v) is 1.43. The van der Waals surface area contributed by atoms with Crippen LogP contribution in [0.1, 0.15) is 11.1 Å². The van der Waals surface area contributed by atoms with Crippen LogP contribution in [0.3, 0.4) is 0 Å². The molecule has 0 atom stereocenters. The van der Waals surface area contributed by atoms with Crippen LogP contribution in [0.4, 0.5) is 18.0 Å². The van der Waals surface area contributed by atoms with E-state index in [1.165, 1.54) is 25.3 Å². The first-order chi connectivity index (χ1) is 9.95. The number of hydrogen-bond acceptors (Lipinski definition) is 2. The van der Waals surface area contributed by atoms with Crippen molar-refractivity contribution in [1.29, 1.82) is 0 Å². The van der Waals surface area contributed by atoms with Crippen LogP contribution < -0.4 is 10.6 Å². The van der Waals surface area contributed by atoms with E-state index in [4.69, 9.17) is 4.74 Å². The van der Waals surface area contributed by atoms with Crippen LogP contribution in [0.2, 0.25) is 0 Å². The van der Waals surface area contributed by atoms with Gasteiger partial charge in [-0.3, -0.25) is 0 Å². The van der Waals surface area contributed by atoms with Crippen molar-refractivity contribution in [3.05, 3.63) is 35.4 Å². The van der Waals surface area contributed by atoms with Gasteiger partial charge in [-0.2, -0.15) is 13.2 Å². The first kappa shape index (κ1) is 16.9. The Morgan fingerprint density at radius 3 is 2.67 bits per heavy atom. The lowest BCUT2D eigenvalue weighted by atomic mass is 10.1. The van der Waals surface area contributed by atoms with Crippen LogP contribution in [0.5, 0.6) is 0 Å². The van der Waals surface area contributed by atoms with E-state index < -0.39 is 17.8 Å². The maximum atomic E-state index is 12.7. The number of benzene rings is 1. The minimum Gasteiger partial charge on any atom is -0.383 e. The van der Waals surface area contributed by atoms with Gasteiger partial charge in [-0.15, -0.1) is 0 Å². The molecule has 2 amide bonds. The van der Waals surface area contributed by atoms with Gasteiger partial charge in [0, 0.05) is 19.2 Å². The third kappa shape index (κ3) is 6.19. The Morgan fingerprint density at radius 2 is 2.00 bits per heavy atom. The lowest BCUT2D eigenvalue weighted by molar-refractivity contribution is -0.137. The minimum atomic E-state index is -4.45. The van der Waals surface area contributed by atoms with Crippen LogP contribution in [0, 0.1) is 11.8 Å². The highest BCUT2D eigenvalue weighted by molar-refractivity contribution is 5.74. The summed E-state index contributed by atoms with van der Waals surface area (Å²) >= 11 is 0. The van der Waals surface area contributed by atoms with Crippen molar-refractivity contribution in [2.24, 2.45) is 0 Å². The van der Waals surface area contributed by atoms with Crippen molar-refractivity contribution in [1.82, 2.24) is 10.6 Å². The summed E-state index contributed by atoms with van der Waals surface area (Å²) in [4.78, 5) is 11.2. The molecule has 0 aliphatic carbocycles. The summed E-state index contributed by atoms with van der Waals surface area (Å²) in [5, 5.41) is 4.90. The topological polar surface area (TPSA) is 50.4 Å². The molecule has 1 aromatic carbocycles.